The maximum atomic E-state index is 12.5. The molecule has 0 amide bonds. The monoisotopic (exact) mass is 369 g/mol. The van der Waals surface area contributed by atoms with Crippen LogP contribution in [0.1, 0.15) is 24.8 Å². The van der Waals surface area contributed by atoms with Crippen LogP contribution < -0.4 is 4.72 Å². The summed E-state index contributed by atoms with van der Waals surface area (Å²) in [5.41, 5.74) is 0.303. The van der Waals surface area contributed by atoms with Crippen LogP contribution in [0.4, 0.5) is 0 Å². The van der Waals surface area contributed by atoms with E-state index >= 15 is 0 Å². The molecule has 2 rings (SSSR count). The molecule has 0 radical (unpaired) electrons. The number of hydrogen-bond donors (Lipinski definition) is 2. The van der Waals surface area contributed by atoms with Crippen molar-refractivity contribution in [3.8, 4) is 0 Å². The third-order valence-corrected chi connectivity index (χ3v) is 7.06. The summed E-state index contributed by atoms with van der Waals surface area (Å²) in [5, 5.41) is 9.76. The molecule has 118 valence electrons. The van der Waals surface area contributed by atoms with Crippen LogP contribution in [-0.2, 0) is 16.6 Å². The average molecular weight is 370 g/mol. The summed E-state index contributed by atoms with van der Waals surface area (Å²) < 4.78 is 27.8. The van der Waals surface area contributed by atoms with E-state index in [0.717, 1.165) is 19.3 Å². The number of nitrogens with one attached hydrogen (secondary N) is 1. The molecule has 1 saturated carbocycles. The Balaban J connectivity index is 2.34. The van der Waals surface area contributed by atoms with Gasteiger partial charge in [0, 0.05) is 16.3 Å². The predicted molar refractivity (Wildman–Crippen MR) is 87.6 cm³/mol. The minimum absolute atomic E-state index is 0.0214. The molecule has 1 fully saturated rings. The summed E-state index contributed by atoms with van der Waals surface area (Å²) in [4.78, 5) is -0.0764. The average Bonchev–Trinajstić information content (AvgIpc) is 2.87. The van der Waals surface area contributed by atoms with E-state index in [1.54, 1.807) is 11.8 Å². The molecule has 0 saturated heterocycles. The molecular weight excluding hydrogens is 353 g/mol. The summed E-state index contributed by atoms with van der Waals surface area (Å²) in [7, 11) is -3.76. The quantitative estimate of drug-likeness (QED) is 0.836. The zero-order chi connectivity index (χ0) is 15.6. The highest BCUT2D eigenvalue weighted by Crippen LogP contribution is 2.33. The summed E-state index contributed by atoms with van der Waals surface area (Å²) in [6.45, 7) is -0.362. The Morgan fingerprint density at radius 3 is 2.71 bits per heavy atom. The van der Waals surface area contributed by atoms with Crippen molar-refractivity contribution in [2.75, 3.05) is 6.26 Å². The van der Waals surface area contributed by atoms with Crippen LogP contribution in [0.25, 0.3) is 0 Å². The predicted octanol–water partition coefficient (Wildman–Crippen LogP) is 3.05. The fraction of sp³-hybridized carbons (Fsp3) is 0.538. The number of sulfonamides is 1. The van der Waals surface area contributed by atoms with Crippen LogP contribution in [0, 0.1) is 0 Å². The first kappa shape index (κ1) is 17.4. The number of aliphatic hydroxyl groups is 1. The minimum Gasteiger partial charge on any atom is -0.392 e. The number of thioether (sulfide) groups is 1. The standard InChI is InChI=1S/C13H17Cl2NO3S2/c1-20-11-4-2-3-10(11)16-21(18,19)12-6-9(14)5-8(7-17)13(12)15/h5-6,10-11,16-17H,2-4,7H2,1H3. The van der Waals surface area contributed by atoms with Crippen molar-refractivity contribution in [2.24, 2.45) is 0 Å². The topological polar surface area (TPSA) is 66.4 Å². The maximum Gasteiger partial charge on any atom is 0.242 e. The van der Waals surface area contributed by atoms with Gasteiger partial charge >= 0.3 is 0 Å². The molecule has 1 aromatic rings. The van der Waals surface area contributed by atoms with Gasteiger partial charge < -0.3 is 5.11 Å². The molecule has 4 nitrogen and oxygen atoms in total. The van der Waals surface area contributed by atoms with E-state index < -0.39 is 10.0 Å². The van der Waals surface area contributed by atoms with Gasteiger partial charge in [-0.3, -0.25) is 0 Å². The van der Waals surface area contributed by atoms with Crippen LogP contribution in [-0.4, -0.2) is 31.1 Å². The van der Waals surface area contributed by atoms with Crippen molar-refractivity contribution < 1.29 is 13.5 Å². The molecule has 0 spiro atoms. The SMILES string of the molecule is CSC1CCCC1NS(=O)(=O)c1cc(Cl)cc(CO)c1Cl. The molecule has 0 aliphatic heterocycles. The number of hydrogen-bond acceptors (Lipinski definition) is 4. The Bertz CT molecular complexity index is 622. The first-order valence-electron chi connectivity index (χ1n) is 6.53. The summed E-state index contributed by atoms with van der Waals surface area (Å²) in [6, 6.07) is 2.68. The number of rotatable bonds is 5. The van der Waals surface area contributed by atoms with Gasteiger partial charge in [-0.2, -0.15) is 11.8 Å². The summed E-state index contributed by atoms with van der Waals surface area (Å²) in [6.07, 6.45) is 4.80. The molecule has 2 N–H and O–H groups in total. The molecule has 1 aromatic carbocycles. The van der Waals surface area contributed by atoms with E-state index in [4.69, 9.17) is 23.2 Å². The number of halogens is 2. The van der Waals surface area contributed by atoms with E-state index in [0.29, 0.717) is 5.56 Å². The van der Waals surface area contributed by atoms with E-state index in [1.165, 1.54) is 12.1 Å². The van der Waals surface area contributed by atoms with Crippen molar-refractivity contribution in [1.29, 1.82) is 0 Å². The van der Waals surface area contributed by atoms with Crippen molar-refractivity contribution in [3.63, 3.8) is 0 Å². The molecule has 0 aromatic heterocycles. The van der Waals surface area contributed by atoms with Crippen LogP contribution in [0.2, 0.25) is 10.0 Å². The normalized spacial score (nSPS) is 22.7. The molecule has 0 bridgehead atoms. The number of benzene rings is 1. The van der Waals surface area contributed by atoms with Gasteiger partial charge in [0.05, 0.1) is 11.6 Å². The fourth-order valence-electron chi connectivity index (χ4n) is 2.53. The molecular formula is C13H17Cl2NO3S2. The second-order valence-corrected chi connectivity index (χ2v) is 8.54. The first-order valence-corrected chi connectivity index (χ1v) is 10.1. The van der Waals surface area contributed by atoms with Crippen molar-refractivity contribution in [2.45, 2.75) is 42.1 Å². The third kappa shape index (κ3) is 3.86. The molecule has 2 unspecified atom stereocenters. The van der Waals surface area contributed by atoms with E-state index in [-0.39, 0.29) is 32.8 Å². The smallest absolute Gasteiger partial charge is 0.242 e. The summed E-state index contributed by atoms with van der Waals surface area (Å²) in [5.74, 6) is 0. The molecule has 0 heterocycles. The van der Waals surface area contributed by atoms with Gasteiger partial charge in [-0.25, -0.2) is 13.1 Å². The second kappa shape index (κ2) is 7.06. The molecule has 1 aliphatic carbocycles. The molecule has 8 heteroatoms. The van der Waals surface area contributed by atoms with E-state index in [1.807, 2.05) is 6.26 Å². The maximum absolute atomic E-state index is 12.5. The second-order valence-electron chi connectivity index (χ2n) is 4.97. The molecule has 21 heavy (non-hydrogen) atoms. The van der Waals surface area contributed by atoms with Crippen molar-refractivity contribution in [3.05, 3.63) is 27.7 Å². The van der Waals surface area contributed by atoms with Crippen LogP contribution in [0.5, 0.6) is 0 Å². The van der Waals surface area contributed by atoms with Crippen molar-refractivity contribution >= 4 is 45.0 Å². The van der Waals surface area contributed by atoms with Crippen LogP contribution in [0.15, 0.2) is 17.0 Å². The fourth-order valence-corrected chi connectivity index (χ4v) is 5.79. The zero-order valence-corrected chi connectivity index (χ0v) is 14.6. The van der Waals surface area contributed by atoms with E-state index in [2.05, 4.69) is 4.72 Å². The molecule has 2 atom stereocenters. The third-order valence-electron chi connectivity index (χ3n) is 3.60. The Morgan fingerprint density at radius 2 is 2.10 bits per heavy atom. The zero-order valence-electron chi connectivity index (χ0n) is 11.5. The first-order chi connectivity index (χ1) is 9.89. The van der Waals surface area contributed by atoms with Gasteiger partial charge in [0.15, 0.2) is 0 Å². The lowest BCUT2D eigenvalue weighted by Crippen LogP contribution is -2.38. The number of aliphatic hydroxyl groups excluding tert-OH is 1. The van der Waals surface area contributed by atoms with Gasteiger partial charge in [0.1, 0.15) is 4.90 Å². The Hall–Kier alpha value is 0.0200. The molecule has 1 aliphatic rings. The van der Waals surface area contributed by atoms with Crippen LogP contribution in [0.3, 0.4) is 0 Å². The van der Waals surface area contributed by atoms with Gasteiger partial charge in [0.25, 0.3) is 0 Å². The lowest BCUT2D eigenvalue weighted by atomic mass is 10.2. The lowest BCUT2D eigenvalue weighted by molar-refractivity contribution is 0.281. The lowest BCUT2D eigenvalue weighted by Gasteiger charge is -2.20. The Morgan fingerprint density at radius 1 is 1.38 bits per heavy atom. The Kier molecular flexibility index (Phi) is 5.84. The van der Waals surface area contributed by atoms with E-state index in [9.17, 15) is 13.5 Å². The highest BCUT2D eigenvalue weighted by atomic mass is 35.5. The largest absolute Gasteiger partial charge is 0.392 e. The van der Waals surface area contributed by atoms with Gasteiger partial charge in [-0.05, 0) is 36.8 Å². The van der Waals surface area contributed by atoms with Crippen molar-refractivity contribution in [1.82, 2.24) is 4.72 Å². The van der Waals surface area contributed by atoms with Gasteiger partial charge in [-0.15, -0.1) is 0 Å². The minimum atomic E-state index is -3.76. The Labute approximate surface area is 139 Å². The highest BCUT2D eigenvalue weighted by molar-refractivity contribution is 7.99. The van der Waals surface area contributed by atoms with Gasteiger partial charge in [-0.1, -0.05) is 29.6 Å². The van der Waals surface area contributed by atoms with Crippen LogP contribution >= 0.6 is 35.0 Å². The summed E-state index contributed by atoms with van der Waals surface area (Å²) >= 11 is 13.7. The highest BCUT2D eigenvalue weighted by Gasteiger charge is 2.32. The van der Waals surface area contributed by atoms with Gasteiger partial charge in [0.2, 0.25) is 10.0 Å².